The molecule has 0 unspecified atom stereocenters. The van der Waals surface area contributed by atoms with E-state index in [2.05, 4.69) is 25.9 Å². The number of benzene rings is 1. The Hall–Kier alpha value is -4.23. The first-order valence-corrected chi connectivity index (χ1v) is 11.5. The van der Waals surface area contributed by atoms with Crippen LogP contribution in [0.1, 0.15) is 36.0 Å². The molecule has 0 aliphatic rings. The summed E-state index contributed by atoms with van der Waals surface area (Å²) >= 11 is 0. The average Bonchev–Trinajstić information content (AvgIpc) is 2.88. The number of carbonyl (C=O) groups is 1. The van der Waals surface area contributed by atoms with E-state index in [1.807, 2.05) is 12.3 Å². The summed E-state index contributed by atoms with van der Waals surface area (Å²) < 4.78 is 1.70. The van der Waals surface area contributed by atoms with Gasteiger partial charge in [0.05, 0.1) is 17.8 Å². The van der Waals surface area contributed by atoms with E-state index in [0.717, 1.165) is 31.2 Å². The van der Waals surface area contributed by atoms with Crippen molar-refractivity contribution in [2.45, 2.75) is 32.2 Å². The van der Waals surface area contributed by atoms with Crippen molar-refractivity contribution in [3.63, 3.8) is 0 Å². The highest BCUT2D eigenvalue weighted by Crippen LogP contribution is 2.18. The first-order valence-electron chi connectivity index (χ1n) is 11.5. The average molecular weight is 476 g/mol. The number of aryl methyl sites for hydroxylation is 1. The number of aliphatic imine (C=N–C) groups is 1. The third kappa shape index (κ3) is 7.38. The van der Waals surface area contributed by atoms with E-state index in [0.29, 0.717) is 35.7 Å². The monoisotopic (exact) mass is 475 g/mol. The van der Waals surface area contributed by atoms with E-state index in [1.165, 1.54) is 6.07 Å². The number of guanidine groups is 1. The highest BCUT2D eigenvalue weighted by atomic mass is 16.3. The van der Waals surface area contributed by atoms with Crippen molar-refractivity contribution in [1.29, 1.82) is 5.26 Å². The molecule has 10 heteroatoms. The molecule has 0 aliphatic heterocycles. The van der Waals surface area contributed by atoms with Crippen LogP contribution in [0.15, 0.2) is 64.6 Å². The van der Waals surface area contributed by atoms with Gasteiger partial charge in [0.1, 0.15) is 0 Å². The van der Waals surface area contributed by atoms with Crippen LogP contribution in [0.25, 0.3) is 10.9 Å². The first-order chi connectivity index (χ1) is 17.1. The standard InChI is InChI=1S/C25H29N7O3/c26-18-30-25(31-19-10-13-27-14-11-19)29-12-3-1-2-4-16-32-22-7-5-6-21(24(35)28-15-17-33)20(22)8-9-23(32)34/h5-11,13-14,33H,1-4,12,15-17H2,(H,28,35)(H2,27,29,30,31). The number of nitrogens with one attached hydrogen (secondary N) is 3. The van der Waals surface area contributed by atoms with Gasteiger partial charge in [-0.2, -0.15) is 5.26 Å². The van der Waals surface area contributed by atoms with E-state index in [1.54, 1.807) is 47.3 Å². The Morgan fingerprint density at radius 3 is 2.60 bits per heavy atom. The molecule has 0 saturated heterocycles. The van der Waals surface area contributed by atoms with Crippen molar-refractivity contribution in [2.24, 2.45) is 4.99 Å². The van der Waals surface area contributed by atoms with Crippen LogP contribution >= 0.6 is 0 Å². The predicted molar refractivity (Wildman–Crippen MR) is 134 cm³/mol. The number of amides is 1. The molecule has 4 N–H and O–H groups in total. The molecule has 35 heavy (non-hydrogen) atoms. The van der Waals surface area contributed by atoms with Crippen LogP contribution in [0, 0.1) is 11.5 Å². The molecule has 0 saturated carbocycles. The molecule has 0 fully saturated rings. The Morgan fingerprint density at radius 1 is 1.03 bits per heavy atom. The molecule has 1 amide bonds. The van der Waals surface area contributed by atoms with Crippen LogP contribution < -0.4 is 21.5 Å². The Morgan fingerprint density at radius 2 is 1.83 bits per heavy atom. The summed E-state index contributed by atoms with van der Waals surface area (Å²) in [7, 11) is 0. The fourth-order valence-corrected chi connectivity index (χ4v) is 3.69. The molecule has 0 atom stereocenters. The number of hydrogen-bond donors (Lipinski definition) is 4. The molecule has 3 rings (SSSR count). The maximum atomic E-state index is 12.5. The molecule has 0 spiro atoms. The molecular weight excluding hydrogens is 446 g/mol. The molecule has 2 heterocycles. The number of aliphatic hydroxyl groups is 1. The van der Waals surface area contributed by atoms with Crippen molar-refractivity contribution in [3.05, 3.63) is 70.8 Å². The molecule has 0 radical (unpaired) electrons. The highest BCUT2D eigenvalue weighted by molar-refractivity contribution is 6.06. The minimum absolute atomic E-state index is 0.105. The van der Waals surface area contributed by atoms with E-state index < -0.39 is 0 Å². The summed E-state index contributed by atoms with van der Waals surface area (Å²) in [4.78, 5) is 33.2. The number of pyridine rings is 2. The maximum Gasteiger partial charge on any atom is 0.252 e. The van der Waals surface area contributed by atoms with Gasteiger partial charge in [0.15, 0.2) is 6.19 Å². The van der Waals surface area contributed by atoms with Gasteiger partial charge in [0, 0.05) is 49.0 Å². The Labute approximate surface area is 203 Å². The Balaban J connectivity index is 1.52. The molecular formula is C25H29N7O3. The summed E-state index contributed by atoms with van der Waals surface area (Å²) in [5, 5.41) is 26.9. The van der Waals surface area contributed by atoms with Crippen molar-refractivity contribution in [1.82, 2.24) is 25.5 Å². The number of aliphatic hydroxyl groups excluding tert-OH is 1. The third-order valence-electron chi connectivity index (χ3n) is 5.35. The number of aromatic nitrogens is 2. The quantitative estimate of drug-likeness (QED) is 0.109. The molecule has 10 nitrogen and oxygen atoms in total. The van der Waals surface area contributed by atoms with Gasteiger partial charge in [-0.05, 0) is 43.2 Å². The lowest BCUT2D eigenvalue weighted by molar-refractivity contribution is 0.0946. The van der Waals surface area contributed by atoms with Crippen LogP contribution in [0.4, 0.5) is 5.69 Å². The third-order valence-corrected chi connectivity index (χ3v) is 5.35. The van der Waals surface area contributed by atoms with Gasteiger partial charge in [0.25, 0.3) is 11.5 Å². The Kier molecular flexibility index (Phi) is 9.77. The van der Waals surface area contributed by atoms with Crippen LogP contribution in [0.3, 0.4) is 0 Å². The second-order valence-corrected chi connectivity index (χ2v) is 7.78. The largest absolute Gasteiger partial charge is 0.395 e. The lowest BCUT2D eigenvalue weighted by Crippen LogP contribution is -2.34. The number of nitrogens with zero attached hydrogens (tertiary/aromatic N) is 4. The smallest absolute Gasteiger partial charge is 0.252 e. The van der Waals surface area contributed by atoms with Gasteiger partial charge >= 0.3 is 0 Å². The fourth-order valence-electron chi connectivity index (χ4n) is 3.69. The fraction of sp³-hybridized carbons (Fsp3) is 0.320. The second kappa shape index (κ2) is 13.5. The lowest BCUT2D eigenvalue weighted by atomic mass is 10.1. The number of unbranched alkanes of at least 4 members (excludes halogenated alkanes) is 3. The van der Waals surface area contributed by atoms with Crippen molar-refractivity contribution < 1.29 is 9.90 Å². The van der Waals surface area contributed by atoms with E-state index in [-0.39, 0.29) is 24.6 Å². The van der Waals surface area contributed by atoms with E-state index in [4.69, 9.17) is 10.4 Å². The molecule has 1 aromatic carbocycles. The first kappa shape index (κ1) is 25.4. The van der Waals surface area contributed by atoms with Crippen molar-refractivity contribution in [2.75, 3.05) is 19.7 Å². The van der Waals surface area contributed by atoms with Crippen LogP contribution in [0.5, 0.6) is 0 Å². The summed E-state index contributed by atoms with van der Waals surface area (Å²) in [6, 6.07) is 12.0. The molecule has 0 aliphatic carbocycles. The van der Waals surface area contributed by atoms with E-state index >= 15 is 0 Å². The van der Waals surface area contributed by atoms with Crippen molar-refractivity contribution in [3.8, 4) is 6.19 Å². The van der Waals surface area contributed by atoms with Gasteiger partial charge in [-0.25, -0.2) is 4.99 Å². The normalized spacial score (nSPS) is 11.1. The Bertz CT molecular complexity index is 1250. The SMILES string of the molecule is N#CN/C(=N/c1ccncc1)NCCCCCCn1c(=O)ccc2c(C(=O)NCCO)cccc21. The number of nitriles is 1. The second-order valence-electron chi connectivity index (χ2n) is 7.78. The van der Waals surface area contributed by atoms with Crippen molar-refractivity contribution >= 4 is 28.5 Å². The van der Waals surface area contributed by atoms with Crippen LogP contribution in [-0.2, 0) is 6.54 Å². The zero-order valence-corrected chi connectivity index (χ0v) is 19.4. The molecule has 0 bridgehead atoms. The highest BCUT2D eigenvalue weighted by Gasteiger charge is 2.12. The van der Waals surface area contributed by atoms with E-state index in [9.17, 15) is 9.59 Å². The molecule has 3 aromatic rings. The molecule has 2 aromatic heterocycles. The van der Waals surface area contributed by atoms with Crippen LogP contribution in [0.2, 0.25) is 0 Å². The predicted octanol–water partition coefficient (Wildman–Crippen LogP) is 2.03. The number of hydrogen-bond acceptors (Lipinski definition) is 6. The minimum atomic E-state index is -0.278. The molecule has 182 valence electrons. The zero-order valence-electron chi connectivity index (χ0n) is 19.4. The summed E-state index contributed by atoms with van der Waals surface area (Å²) in [5.74, 6) is 0.111. The van der Waals surface area contributed by atoms with Gasteiger partial charge in [-0.15, -0.1) is 0 Å². The number of rotatable bonds is 11. The van der Waals surface area contributed by atoms with Gasteiger partial charge in [0.2, 0.25) is 5.96 Å². The maximum absolute atomic E-state index is 12.5. The summed E-state index contributed by atoms with van der Waals surface area (Å²) in [6.45, 7) is 1.24. The number of carbonyl (C=O) groups excluding carboxylic acids is 1. The van der Waals surface area contributed by atoms with Gasteiger partial charge in [-0.3, -0.25) is 19.9 Å². The topological polar surface area (TPSA) is 144 Å². The number of fused-ring (bicyclic) bond motifs is 1. The van der Waals surface area contributed by atoms with Gasteiger partial charge < -0.3 is 20.3 Å². The lowest BCUT2D eigenvalue weighted by Gasteiger charge is -2.13. The zero-order chi connectivity index (χ0) is 24.9. The summed E-state index contributed by atoms with van der Waals surface area (Å²) in [6.07, 6.45) is 8.70. The summed E-state index contributed by atoms with van der Waals surface area (Å²) in [5.41, 5.74) is 1.78. The van der Waals surface area contributed by atoms with Crippen LogP contribution in [-0.4, -0.2) is 46.2 Å². The van der Waals surface area contributed by atoms with Gasteiger partial charge in [-0.1, -0.05) is 18.9 Å². The minimum Gasteiger partial charge on any atom is -0.395 e.